The highest BCUT2D eigenvalue weighted by Crippen LogP contribution is 2.38. The zero-order valence-electron chi connectivity index (χ0n) is 12.9. The molecule has 1 N–H and O–H groups in total. The Balaban J connectivity index is 1.78. The van der Waals surface area contributed by atoms with E-state index < -0.39 is 0 Å². The van der Waals surface area contributed by atoms with Gasteiger partial charge in [-0.25, -0.2) is 0 Å². The van der Waals surface area contributed by atoms with E-state index in [1.807, 2.05) is 6.20 Å². The summed E-state index contributed by atoms with van der Waals surface area (Å²) in [5.74, 6) is 0. The third kappa shape index (κ3) is 3.25. The summed E-state index contributed by atoms with van der Waals surface area (Å²) in [6.07, 6.45) is 11.5. The van der Waals surface area contributed by atoms with Gasteiger partial charge in [-0.05, 0) is 30.9 Å². The molecule has 1 spiro atoms. The third-order valence-electron chi connectivity index (χ3n) is 5.22. The fourth-order valence-electron chi connectivity index (χ4n) is 4.01. The van der Waals surface area contributed by atoms with E-state index in [1.54, 1.807) is 6.20 Å². The molecule has 1 unspecified atom stereocenters. The Bertz CT molecular complexity index is 471. The minimum Gasteiger partial charge on any atom is -0.311 e. The van der Waals surface area contributed by atoms with Crippen LogP contribution in [-0.4, -0.2) is 34.6 Å². The number of aromatic nitrogens is 1. The molecule has 1 saturated carbocycles. The Hall–Kier alpha value is -0.640. The zero-order valence-corrected chi connectivity index (χ0v) is 13.7. The largest absolute Gasteiger partial charge is 0.311 e. The molecule has 1 atom stereocenters. The van der Waals surface area contributed by atoms with Gasteiger partial charge in [-0.3, -0.25) is 9.88 Å². The van der Waals surface area contributed by atoms with Gasteiger partial charge in [0.1, 0.15) is 0 Å². The molecule has 1 aliphatic heterocycles. The van der Waals surface area contributed by atoms with Crippen LogP contribution in [0.25, 0.3) is 0 Å². The molecule has 1 aliphatic carbocycles. The predicted octanol–water partition coefficient (Wildman–Crippen LogP) is 3.62. The summed E-state index contributed by atoms with van der Waals surface area (Å²) in [4.78, 5) is 6.81. The molecule has 0 aromatic carbocycles. The highest BCUT2D eigenvalue weighted by Gasteiger charge is 2.43. The topological polar surface area (TPSA) is 28.2 Å². The van der Waals surface area contributed by atoms with Crippen molar-refractivity contribution in [2.75, 3.05) is 13.1 Å². The van der Waals surface area contributed by atoms with Gasteiger partial charge in [-0.1, -0.05) is 37.8 Å². The number of rotatable bonds is 4. The predicted molar refractivity (Wildman–Crippen MR) is 87.6 cm³/mol. The van der Waals surface area contributed by atoms with Gasteiger partial charge >= 0.3 is 0 Å². The second-order valence-corrected chi connectivity index (χ2v) is 7.05. The van der Waals surface area contributed by atoms with E-state index >= 15 is 0 Å². The lowest BCUT2D eigenvalue weighted by molar-refractivity contribution is 0.0338. The second-order valence-electron chi connectivity index (χ2n) is 6.65. The van der Waals surface area contributed by atoms with Crippen LogP contribution >= 0.6 is 11.6 Å². The first kappa shape index (κ1) is 15.3. The normalized spacial score (nSPS) is 25.5. The van der Waals surface area contributed by atoms with Crippen molar-refractivity contribution in [3.05, 3.63) is 29.0 Å². The van der Waals surface area contributed by atoms with Crippen LogP contribution in [0.3, 0.4) is 0 Å². The van der Waals surface area contributed by atoms with Crippen molar-refractivity contribution in [3.63, 3.8) is 0 Å². The molecule has 21 heavy (non-hydrogen) atoms. The van der Waals surface area contributed by atoms with Gasteiger partial charge in [0.25, 0.3) is 0 Å². The molecule has 0 bridgehead atoms. The van der Waals surface area contributed by atoms with Crippen molar-refractivity contribution in [2.24, 2.45) is 0 Å². The number of pyridine rings is 1. The number of hydrogen-bond donors (Lipinski definition) is 1. The molecule has 3 rings (SSSR count). The monoisotopic (exact) mass is 307 g/mol. The van der Waals surface area contributed by atoms with Crippen LogP contribution in [0.15, 0.2) is 18.5 Å². The molecule has 3 nitrogen and oxygen atoms in total. The minimum atomic E-state index is 0.358. The van der Waals surface area contributed by atoms with Crippen LogP contribution in [0.1, 0.15) is 51.0 Å². The lowest BCUT2D eigenvalue weighted by atomic mass is 9.89. The van der Waals surface area contributed by atoms with Gasteiger partial charge in [-0.2, -0.15) is 0 Å². The molecule has 2 aliphatic rings. The highest BCUT2D eigenvalue weighted by atomic mass is 35.5. The van der Waals surface area contributed by atoms with E-state index in [0.29, 0.717) is 11.6 Å². The van der Waals surface area contributed by atoms with E-state index in [9.17, 15) is 0 Å². The Morgan fingerprint density at radius 3 is 2.95 bits per heavy atom. The quantitative estimate of drug-likeness (QED) is 0.921. The summed E-state index contributed by atoms with van der Waals surface area (Å²) < 4.78 is 0. The summed E-state index contributed by atoms with van der Waals surface area (Å²) in [5, 5.41) is 4.60. The van der Waals surface area contributed by atoms with Crippen molar-refractivity contribution in [3.8, 4) is 0 Å². The van der Waals surface area contributed by atoms with Crippen molar-refractivity contribution in [1.82, 2.24) is 15.2 Å². The smallest absolute Gasteiger partial charge is 0.0634 e. The molecule has 1 aromatic heterocycles. The Morgan fingerprint density at radius 2 is 2.24 bits per heavy atom. The van der Waals surface area contributed by atoms with E-state index in [4.69, 9.17) is 11.6 Å². The number of nitrogens with one attached hydrogen (secondary N) is 1. The molecule has 2 heterocycles. The van der Waals surface area contributed by atoms with Gasteiger partial charge < -0.3 is 5.32 Å². The third-order valence-corrected chi connectivity index (χ3v) is 5.56. The average Bonchev–Trinajstić information content (AvgIpc) is 2.95. The standard InChI is InChI=1S/C17H26ClN3/c1-2-5-15-12-21(11-14-6-9-19-10-16(14)18)17(13-20-15)7-3-4-8-17/h6,9-10,15,20H,2-5,7-8,11-13H2,1H3. The van der Waals surface area contributed by atoms with Crippen LogP contribution in [-0.2, 0) is 6.54 Å². The van der Waals surface area contributed by atoms with Crippen LogP contribution in [0, 0.1) is 0 Å². The molecular formula is C17H26ClN3. The lowest BCUT2D eigenvalue weighted by Crippen LogP contribution is -2.63. The lowest BCUT2D eigenvalue weighted by Gasteiger charge is -2.48. The van der Waals surface area contributed by atoms with Crippen LogP contribution in [0.4, 0.5) is 0 Å². The maximum Gasteiger partial charge on any atom is 0.0634 e. The summed E-state index contributed by atoms with van der Waals surface area (Å²) in [6, 6.07) is 2.70. The van der Waals surface area contributed by atoms with E-state index in [-0.39, 0.29) is 0 Å². The van der Waals surface area contributed by atoms with Gasteiger partial charge in [0.05, 0.1) is 5.02 Å². The summed E-state index contributed by atoms with van der Waals surface area (Å²) >= 11 is 6.33. The first-order valence-corrected chi connectivity index (χ1v) is 8.68. The van der Waals surface area contributed by atoms with Crippen molar-refractivity contribution in [1.29, 1.82) is 0 Å². The summed E-state index contributed by atoms with van der Waals surface area (Å²) in [6.45, 7) is 5.52. The van der Waals surface area contributed by atoms with Crippen LogP contribution < -0.4 is 5.32 Å². The van der Waals surface area contributed by atoms with Crippen molar-refractivity contribution < 1.29 is 0 Å². The van der Waals surface area contributed by atoms with Crippen LogP contribution in [0.2, 0.25) is 5.02 Å². The first-order chi connectivity index (χ1) is 10.2. The maximum atomic E-state index is 6.33. The van der Waals surface area contributed by atoms with Gasteiger partial charge in [-0.15, -0.1) is 0 Å². The van der Waals surface area contributed by atoms with Crippen molar-refractivity contribution >= 4 is 11.6 Å². The van der Waals surface area contributed by atoms with E-state index in [1.165, 1.54) is 44.1 Å². The molecule has 0 amide bonds. The number of nitrogens with zero attached hydrogens (tertiary/aromatic N) is 2. The summed E-state index contributed by atoms with van der Waals surface area (Å²) in [5.41, 5.74) is 1.58. The molecule has 116 valence electrons. The SMILES string of the molecule is CCCC1CN(Cc2ccncc2Cl)C2(CCCC2)CN1. The molecule has 0 radical (unpaired) electrons. The van der Waals surface area contributed by atoms with Crippen LogP contribution in [0.5, 0.6) is 0 Å². The van der Waals surface area contributed by atoms with Gasteiger partial charge in [0, 0.05) is 43.6 Å². The number of hydrogen-bond acceptors (Lipinski definition) is 3. The fraction of sp³-hybridized carbons (Fsp3) is 0.706. The van der Waals surface area contributed by atoms with E-state index in [0.717, 1.165) is 24.7 Å². The highest BCUT2D eigenvalue weighted by molar-refractivity contribution is 6.31. The fourth-order valence-corrected chi connectivity index (χ4v) is 4.19. The van der Waals surface area contributed by atoms with E-state index in [2.05, 4.69) is 28.2 Å². The van der Waals surface area contributed by atoms with Gasteiger partial charge in [0.15, 0.2) is 0 Å². The molecule has 2 fully saturated rings. The minimum absolute atomic E-state index is 0.358. The molecular weight excluding hydrogens is 282 g/mol. The molecule has 4 heteroatoms. The maximum absolute atomic E-state index is 6.33. The number of halogens is 1. The first-order valence-electron chi connectivity index (χ1n) is 8.30. The second kappa shape index (κ2) is 6.64. The molecule has 1 aromatic rings. The van der Waals surface area contributed by atoms with Crippen molar-refractivity contribution in [2.45, 2.75) is 63.6 Å². The number of piperazine rings is 1. The Labute approximate surface area is 133 Å². The zero-order chi connectivity index (χ0) is 14.7. The summed E-state index contributed by atoms with van der Waals surface area (Å²) in [7, 11) is 0. The Kier molecular flexibility index (Phi) is 4.82. The molecule has 1 saturated heterocycles. The van der Waals surface area contributed by atoms with Gasteiger partial charge in [0.2, 0.25) is 0 Å². The Morgan fingerprint density at radius 1 is 1.43 bits per heavy atom. The average molecular weight is 308 g/mol.